The van der Waals surface area contributed by atoms with Crippen molar-refractivity contribution in [3.8, 4) is 5.69 Å². The summed E-state index contributed by atoms with van der Waals surface area (Å²) in [7, 11) is 0. The fourth-order valence-electron chi connectivity index (χ4n) is 3.64. The van der Waals surface area contributed by atoms with E-state index < -0.39 is 5.69 Å². The van der Waals surface area contributed by atoms with Gasteiger partial charge >= 0.3 is 5.69 Å². The first-order valence-corrected chi connectivity index (χ1v) is 9.37. The molecular formula is C21H22FN4O2+. The van der Waals surface area contributed by atoms with Gasteiger partial charge in [-0.05, 0) is 36.2 Å². The van der Waals surface area contributed by atoms with Crippen molar-refractivity contribution in [2.75, 3.05) is 18.5 Å². The third-order valence-corrected chi connectivity index (χ3v) is 5.06. The van der Waals surface area contributed by atoms with E-state index >= 15 is 0 Å². The molecule has 1 atom stereocenters. The van der Waals surface area contributed by atoms with Crippen LogP contribution in [0.5, 0.6) is 0 Å². The van der Waals surface area contributed by atoms with Gasteiger partial charge in [0.15, 0.2) is 6.67 Å². The van der Waals surface area contributed by atoms with E-state index in [1.165, 1.54) is 39.3 Å². The first kappa shape index (κ1) is 18.2. The zero-order valence-corrected chi connectivity index (χ0v) is 15.4. The summed E-state index contributed by atoms with van der Waals surface area (Å²) in [4.78, 5) is 28.4. The molecule has 0 bridgehead atoms. The van der Waals surface area contributed by atoms with Gasteiger partial charge in [0.25, 0.3) is 5.56 Å². The first-order chi connectivity index (χ1) is 13.6. The van der Waals surface area contributed by atoms with Gasteiger partial charge in [0.05, 0.1) is 12.2 Å². The van der Waals surface area contributed by atoms with Gasteiger partial charge in [0.2, 0.25) is 0 Å². The highest BCUT2D eigenvalue weighted by molar-refractivity contribution is 5.50. The van der Waals surface area contributed by atoms with Crippen molar-refractivity contribution in [2.45, 2.75) is 19.4 Å². The van der Waals surface area contributed by atoms with E-state index in [0.717, 1.165) is 19.4 Å². The van der Waals surface area contributed by atoms with Crippen LogP contribution in [0.4, 0.5) is 10.2 Å². The highest BCUT2D eigenvalue weighted by Crippen LogP contribution is 2.16. The number of halogens is 1. The SMILES string of the molecule is O=c1[nH]c(=O)n(-c2ccc(F)cc2)c2c1C[NH+](CCCc1ccccc1)CN2. The molecule has 0 amide bonds. The maximum Gasteiger partial charge on any atom is 0.334 e. The quantitative estimate of drug-likeness (QED) is 0.619. The number of hydrogen-bond donors (Lipinski definition) is 3. The summed E-state index contributed by atoms with van der Waals surface area (Å²) in [5.41, 5.74) is 1.46. The number of anilines is 1. The Balaban J connectivity index is 1.54. The molecule has 1 unspecified atom stereocenters. The zero-order chi connectivity index (χ0) is 19.5. The minimum Gasteiger partial charge on any atom is -0.324 e. The van der Waals surface area contributed by atoms with Crippen molar-refractivity contribution in [2.24, 2.45) is 0 Å². The van der Waals surface area contributed by atoms with Crippen LogP contribution in [0.2, 0.25) is 0 Å². The lowest BCUT2D eigenvalue weighted by Gasteiger charge is -2.28. The number of nitrogens with one attached hydrogen (secondary N) is 3. The van der Waals surface area contributed by atoms with Crippen molar-refractivity contribution in [3.05, 3.63) is 92.4 Å². The van der Waals surface area contributed by atoms with E-state index in [1.807, 2.05) is 18.2 Å². The maximum absolute atomic E-state index is 13.2. The van der Waals surface area contributed by atoms with Crippen LogP contribution >= 0.6 is 0 Å². The Hall–Kier alpha value is -3.19. The van der Waals surface area contributed by atoms with Crippen LogP contribution in [-0.4, -0.2) is 22.8 Å². The predicted octanol–water partition coefficient (Wildman–Crippen LogP) is 1.07. The third kappa shape index (κ3) is 3.75. The molecule has 0 fully saturated rings. The Bertz CT molecular complexity index is 1070. The second-order valence-electron chi connectivity index (χ2n) is 7.02. The summed E-state index contributed by atoms with van der Waals surface area (Å²) in [6.45, 7) is 2.07. The van der Waals surface area contributed by atoms with E-state index in [1.54, 1.807) is 0 Å². The molecule has 1 aromatic heterocycles. The lowest BCUT2D eigenvalue weighted by atomic mass is 10.1. The minimum atomic E-state index is -0.532. The maximum atomic E-state index is 13.2. The average Bonchev–Trinajstić information content (AvgIpc) is 2.70. The van der Waals surface area contributed by atoms with Crippen LogP contribution in [0.25, 0.3) is 5.69 Å². The number of nitrogens with zero attached hydrogens (tertiary/aromatic N) is 1. The number of rotatable bonds is 5. The van der Waals surface area contributed by atoms with Gasteiger partial charge in [-0.2, -0.15) is 0 Å². The van der Waals surface area contributed by atoms with Crippen LogP contribution < -0.4 is 21.5 Å². The van der Waals surface area contributed by atoms with Gasteiger partial charge < -0.3 is 10.2 Å². The summed E-state index contributed by atoms with van der Waals surface area (Å²) in [6, 6.07) is 16.0. The smallest absolute Gasteiger partial charge is 0.324 e. The second-order valence-corrected chi connectivity index (χ2v) is 7.02. The Labute approximate surface area is 161 Å². The lowest BCUT2D eigenvalue weighted by molar-refractivity contribution is -0.912. The number of aromatic amines is 1. The van der Waals surface area contributed by atoms with Crippen LogP contribution in [0, 0.1) is 5.82 Å². The zero-order valence-electron chi connectivity index (χ0n) is 15.4. The largest absolute Gasteiger partial charge is 0.334 e. The van der Waals surface area contributed by atoms with E-state index in [-0.39, 0.29) is 11.4 Å². The summed E-state index contributed by atoms with van der Waals surface area (Å²) in [6.07, 6.45) is 1.99. The molecular weight excluding hydrogens is 359 g/mol. The lowest BCUT2D eigenvalue weighted by Crippen LogP contribution is -3.12. The van der Waals surface area contributed by atoms with Gasteiger partial charge in [0.1, 0.15) is 23.7 Å². The van der Waals surface area contributed by atoms with Gasteiger partial charge in [0, 0.05) is 6.42 Å². The molecule has 7 heteroatoms. The van der Waals surface area contributed by atoms with Gasteiger partial charge in [-0.25, -0.2) is 13.8 Å². The number of fused-ring (bicyclic) bond motifs is 1. The normalized spacial score (nSPS) is 15.7. The molecule has 0 spiro atoms. The Morgan fingerprint density at radius 1 is 1.04 bits per heavy atom. The van der Waals surface area contributed by atoms with Crippen LogP contribution in [0.1, 0.15) is 17.5 Å². The second kappa shape index (κ2) is 7.82. The van der Waals surface area contributed by atoms with Crippen LogP contribution in [0.3, 0.4) is 0 Å². The average molecular weight is 381 g/mol. The van der Waals surface area contributed by atoms with Crippen LogP contribution in [0.15, 0.2) is 64.2 Å². The molecule has 0 aliphatic carbocycles. The van der Waals surface area contributed by atoms with Gasteiger partial charge in [-0.1, -0.05) is 30.3 Å². The standard InChI is InChI=1S/C21H21FN4O2/c22-16-8-10-17(11-9-16)26-19-18(20(27)24-21(26)28)13-25(14-23-19)12-4-7-15-5-2-1-3-6-15/h1-3,5-6,8-11,23H,4,7,12-14H2,(H,24,27,28)/p+1. The molecule has 144 valence electrons. The Morgan fingerprint density at radius 2 is 1.79 bits per heavy atom. The van der Waals surface area contributed by atoms with E-state index in [9.17, 15) is 14.0 Å². The molecule has 1 aliphatic rings. The van der Waals surface area contributed by atoms with Gasteiger partial charge in [-0.15, -0.1) is 0 Å². The molecule has 1 aliphatic heterocycles. The first-order valence-electron chi connectivity index (χ1n) is 9.37. The van der Waals surface area contributed by atoms with E-state index in [2.05, 4.69) is 22.4 Å². The Kier molecular flexibility index (Phi) is 5.08. The third-order valence-electron chi connectivity index (χ3n) is 5.06. The number of hydrogen-bond acceptors (Lipinski definition) is 3. The molecule has 0 saturated carbocycles. The molecule has 3 N–H and O–H groups in total. The fourth-order valence-corrected chi connectivity index (χ4v) is 3.64. The summed E-state index contributed by atoms with van der Waals surface area (Å²) < 4.78 is 14.6. The fraction of sp³-hybridized carbons (Fsp3) is 0.238. The molecule has 3 aromatic rings. The summed E-state index contributed by atoms with van der Waals surface area (Å²) >= 11 is 0. The van der Waals surface area contributed by atoms with Crippen molar-refractivity contribution in [1.82, 2.24) is 9.55 Å². The minimum absolute atomic E-state index is 0.369. The summed E-state index contributed by atoms with van der Waals surface area (Å²) in [5.74, 6) is 0.115. The Morgan fingerprint density at radius 3 is 2.54 bits per heavy atom. The molecule has 2 aromatic carbocycles. The van der Waals surface area contributed by atoms with Crippen molar-refractivity contribution < 1.29 is 9.29 Å². The highest BCUT2D eigenvalue weighted by atomic mass is 19.1. The highest BCUT2D eigenvalue weighted by Gasteiger charge is 2.25. The predicted molar refractivity (Wildman–Crippen MR) is 105 cm³/mol. The van der Waals surface area contributed by atoms with Crippen LogP contribution in [-0.2, 0) is 13.0 Å². The molecule has 0 radical (unpaired) electrons. The molecule has 28 heavy (non-hydrogen) atoms. The van der Waals surface area contributed by atoms with Crippen molar-refractivity contribution >= 4 is 5.82 Å². The number of benzene rings is 2. The number of aryl methyl sites for hydroxylation is 1. The number of aromatic nitrogens is 2. The van der Waals surface area contributed by atoms with Crippen molar-refractivity contribution in [3.63, 3.8) is 0 Å². The molecule has 6 nitrogen and oxygen atoms in total. The topological polar surface area (TPSA) is 71.3 Å². The van der Waals surface area contributed by atoms with E-state index in [0.29, 0.717) is 30.3 Å². The molecule has 0 saturated heterocycles. The molecule has 2 heterocycles. The van der Waals surface area contributed by atoms with Gasteiger partial charge in [-0.3, -0.25) is 9.78 Å². The molecule has 4 rings (SSSR count). The monoisotopic (exact) mass is 381 g/mol. The number of quaternary nitrogens is 1. The van der Waals surface area contributed by atoms with E-state index in [4.69, 9.17) is 0 Å². The van der Waals surface area contributed by atoms with Crippen molar-refractivity contribution in [1.29, 1.82) is 0 Å². The summed E-state index contributed by atoms with van der Waals surface area (Å²) in [5, 5.41) is 3.24. The number of H-pyrrole nitrogens is 1.